The van der Waals surface area contributed by atoms with Gasteiger partial charge in [0.2, 0.25) is 11.8 Å². The van der Waals surface area contributed by atoms with E-state index in [9.17, 15) is 69.8 Å². The molecule has 3 rings (SSSR count). The molecule has 14 N–H and O–H groups in total. The minimum atomic E-state index is -5.11. The second-order valence-electron chi connectivity index (χ2n) is 12.4. The molecule has 0 saturated carbocycles. The van der Waals surface area contributed by atoms with Gasteiger partial charge in [-0.25, -0.2) is 4.57 Å². The Hall–Kier alpha value is -1.88. The quantitative estimate of drug-likeness (QED) is 0.0511. The highest BCUT2D eigenvalue weighted by Crippen LogP contribution is 2.44. The molecule has 24 nitrogen and oxygen atoms in total. The lowest BCUT2D eigenvalue weighted by Crippen LogP contribution is -2.71. The van der Waals surface area contributed by atoms with Crippen molar-refractivity contribution >= 4 is 25.9 Å². The molecule has 0 aromatic carbocycles. The van der Waals surface area contributed by atoms with Gasteiger partial charge in [-0.3, -0.25) is 18.6 Å². The van der Waals surface area contributed by atoms with Crippen molar-refractivity contribution in [2.24, 2.45) is 5.73 Å². The zero-order valence-corrected chi connectivity index (χ0v) is 29.0. The number of nitrogens with one attached hydrogen (secondary N) is 2. The predicted molar refractivity (Wildman–Crippen MR) is 164 cm³/mol. The zero-order chi connectivity index (χ0) is 39.2. The first-order chi connectivity index (χ1) is 24.2. The van der Waals surface area contributed by atoms with E-state index < -0.39 is 150 Å². The van der Waals surface area contributed by atoms with Crippen LogP contribution in [0.1, 0.15) is 20.8 Å². The number of carbonyl (C=O) groups excluding carboxylic acids is 3. The highest BCUT2D eigenvalue weighted by Gasteiger charge is 2.53. The molecule has 3 aliphatic heterocycles. The van der Waals surface area contributed by atoms with Crippen molar-refractivity contribution in [2.45, 2.75) is 131 Å². The van der Waals surface area contributed by atoms with Gasteiger partial charge in [-0.1, -0.05) is 0 Å². The van der Waals surface area contributed by atoms with E-state index in [-0.39, 0.29) is 6.29 Å². The first-order valence-electron chi connectivity index (χ1n) is 15.9. The lowest BCUT2D eigenvalue weighted by molar-refractivity contribution is -0.344. The summed E-state index contributed by atoms with van der Waals surface area (Å²) in [5.74, 6) is -1.33. The largest absolute Gasteiger partial charge is 0.472 e. The van der Waals surface area contributed by atoms with Gasteiger partial charge in [-0.05, 0) is 6.92 Å². The van der Waals surface area contributed by atoms with E-state index in [1.54, 1.807) is 0 Å². The van der Waals surface area contributed by atoms with Crippen molar-refractivity contribution in [1.82, 2.24) is 10.6 Å². The number of phosphoric acid groups is 1. The minimum absolute atomic E-state index is 0.0957. The Bertz CT molecular complexity index is 1240. The lowest BCUT2D eigenvalue weighted by Gasteiger charge is -2.49. The van der Waals surface area contributed by atoms with Gasteiger partial charge in [0.15, 0.2) is 25.2 Å². The van der Waals surface area contributed by atoms with Gasteiger partial charge in [-0.2, -0.15) is 0 Å². The summed E-state index contributed by atoms with van der Waals surface area (Å²) in [5, 5.41) is 96.7. The number of rotatable bonds is 16. The molecular formula is C27H48N3O21P. The first kappa shape index (κ1) is 44.5. The SMILES string of the molecule is CC(=O)N[C@H]1[C@@H](O[C@@H]2[C@H](O)[C@@H](NC(C)=O)C(O)O[C@@H]2CO)O[C@H](C)[C@H](N)[C@@H]1O[C@@H]1O[C@H](COP(=O)(O)OC[C@@H](O)[C@@H](O)[C@@H](O)C=O)[C@@H](O)[C@H](O)[C@H]1O. The number of aldehydes is 1. The third kappa shape index (κ3) is 11.1. The van der Waals surface area contributed by atoms with Crippen LogP contribution in [-0.4, -0.2) is 199 Å². The van der Waals surface area contributed by atoms with Crippen LogP contribution in [0.5, 0.6) is 0 Å². The maximum absolute atomic E-state index is 12.4. The molecule has 3 heterocycles. The summed E-state index contributed by atoms with van der Waals surface area (Å²) in [6.07, 6.45) is -26.2. The molecule has 52 heavy (non-hydrogen) atoms. The maximum Gasteiger partial charge on any atom is 0.472 e. The van der Waals surface area contributed by atoms with Gasteiger partial charge in [0.05, 0.1) is 32.0 Å². The van der Waals surface area contributed by atoms with Crippen molar-refractivity contribution in [3.63, 3.8) is 0 Å². The molecule has 0 aromatic rings. The second kappa shape index (κ2) is 19.1. The van der Waals surface area contributed by atoms with Crippen LogP contribution in [0.2, 0.25) is 0 Å². The average Bonchev–Trinajstić information content (AvgIpc) is 3.08. The Kier molecular flexibility index (Phi) is 16.4. The maximum atomic E-state index is 12.4. The molecule has 0 radical (unpaired) electrons. The molecular weight excluding hydrogens is 733 g/mol. The van der Waals surface area contributed by atoms with Gasteiger partial charge in [0, 0.05) is 13.8 Å². The van der Waals surface area contributed by atoms with Gasteiger partial charge in [0.1, 0.15) is 79.2 Å². The van der Waals surface area contributed by atoms with E-state index in [0.717, 1.165) is 13.8 Å². The molecule has 2 amide bonds. The number of amides is 2. The van der Waals surface area contributed by atoms with Crippen molar-refractivity contribution in [3.8, 4) is 0 Å². The number of phosphoric ester groups is 1. The van der Waals surface area contributed by atoms with E-state index in [4.69, 9.17) is 33.9 Å². The zero-order valence-electron chi connectivity index (χ0n) is 28.1. The van der Waals surface area contributed by atoms with E-state index >= 15 is 0 Å². The van der Waals surface area contributed by atoms with Crippen LogP contribution in [-0.2, 0) is 51.7 Å². The van der Waals surface area contributed by atoms with Gasteiger partial charge >= 0.3 is 7.82 Å². The van der Waals surface area contributed by atoms with E-state index in [2.05, 4.69) is 15.2 Å². The smallest absolute Gasteiger partial charge is 0.394 e. The summed E-state index contributed by atoms with van der Waals surface area (Å²) < 4.78 is 50.4. The Morgan fingerprint density at radius 1 is 0.846 bits per heavy atom. The summed E-state index contributed by atoms with van der Waals surface area (Å²) in [4.78, 5) is 44.7. The lowest BCUT2D eigenvalue weighted by atomic mass is 9.93. The normalized spacial score (nSPS) is 41.2. The fourth-order valence-electron chi connectivity index (χ4n) is 5.62. The summed E-state index contributed by atoms with van der Waals surface area (Å²) in [5.41, 5.74) is 6.36. The van der Waals surface area contributed by atoms with Crippen molar-refractivity contribution < 1.29 is 103 Å². The number of carbonyl (C=O) groups is 3. The molecule has 0 spiro atoms. The number of ether oxygens (including phenoxy) is 5. The number of hydrogen-bond donors (Lipinski definition) is 13. The Morgan fingerprint density at radius 3 is 2.02 bits per heavy atom. The van der Waals surface area contributed by atoms with E-state index in [1.165, 1.54) is 6.92 Å². The van der Waals surface area contributed by atoms with Crippen LogP contribution in [0.4, 0.5) is 0 Å². The molecule has 0 aromatic heterocycles. The van der Waals surface area contributed by atoms with Gasteiger partial charge in [-0.15, -0.1) is 0 Å². The van der Waals surface area contributed by atoms with E-state index in [1.807, 2.05) is 0 Å². The third-order valence-electron chi connectivity index (χ3n) is 8.47. The number of nitrogens with two attached hydrogens (primary N) is 1. The highest BCUT2D eigenvalue weighted by atomic mass is 31.2. The van der Waals surface area contributed by atoms with Crippen LogP contribution in [0, 0.1) is 0 Å². The van der Waals surface area contributed by atoms with Crippen molar-refractivity contribution in [2.75, 3.05) is 19.8 Å². The summed E-state index contributed by atoms with van der Waals surface area (Å²) >= 11 is 0. The van der Waals surface area contributed by atoms with Crippen LogP contribution in [0.25, 0.3) is 0 Å². The monoisotopic (exact) mass is 781 g/mol. The molecule has 2 unspecified atom stereocenters. The molecule has 3 saturated heterocycles. The Labute approximate surface area is 295 Å². The molecule has 3 fully saturated rings. The number of aliphatic hydroxyl groups excluding tert-OH is 9. The van der Waals surface area contributed by atoms with Crippen LogP contribution in [0.3, 0.4) is 0 Å². The molecule has 19 atom stereocenters. The van der Waals surface area contributed by atoms with Crippen molar-refractivity contribution in [3.05, 3.63) is 0 Å². The van der Waals surface area contributed by atoms with Crippen LogP contribution < -0.4 is 16.4 Å². The second-order valence-corrected chi connectivity index (χ2v) is 13.9. The molecule has 302 valence electrons. The molecule has 0 bridgehead atoms. The molecule has 25 heteroatoms. The Balaban J connectivity index is 1.79. The highest BCUT2D eigenvalue weighted by molar-refractivity contribution is 7.47. The average molecular weight is 782 g/mol. The third-order valence-corrected chi connectivity index (χ3v) is 9.43. The standard InChI is InChI=1S/C27H48N3O21P/c1-8-15(28)24(17(30-10(3)34)26(47-8)50-23-13(5-32)48-25(42)16(20(23)39)29-9(2)33)51-27-22(41)21(40)19(38)14(49-27)7-46-52(43,44)45-6-12(36)18(37)11(35)4-31/h4,8,11-27,32,35-42H,5-7,28H2,1-3H3,(H,29,33)(H,30,34)(H,43,44)/t8-,11+,12-,13-,14-,15+,16-,17-,18+,19-,20-,21+,22-,23+,24+,25?,26-,27+/m1/s1. The fourth-order valence-corrected chi connectivity index (χ4v) is 6.38. The number of aliphatic hydroxyl groups is 9. The van der Waals surface area contributed by atoms with Crippen LogP contribution in [0.15, 0.2) is 0 Å². The molecule has 3 aliphatic rings. The topological polar surface area (TPSA) is 385 Å². The van der Waals surface area contributed by atoms with E-state index in [0.29, 0.717) is 0 Å². The Morgan fingerprint density at radius 2 is 1.44 bits per heavy atom. The van der Waals surface area contributed by atoms with Crippen LogP contribution >= 0.6 is 7.82 Å². The fraction of sp³-hybridized carbons (Fsp3) is 0.889. The number of hydrogen-bond acceptors (Lipinski definition) is 21. The first-order valence-corrected chi connectivity index (χ1v) is 17.4. The minimum Gasteiger partial charge on any atom is -0.394 e. The van der Waals surface area contributed by atoms with Gasteiger partial charge < -0.3 is 95.7 Å². The summed E-state index contributed by atoms with van der Waals surface area (Å²) in [6, 6.07) is -4.00. The molecule has 0 aliphatic carbocycles. The predicted octanol–water partition coefficient (Wildman–Crippen LogP) is -7.87. The summed E-state index contributed by atoms with van der Waals surface area (Å²) in [6.45, 7) is 0.769. The summed E-state index contributed by atoms with van der Waals surface area (Å²) in [7, 11) is -5.11. The van der Waals surface area contributed by atoms with Gasteiger partial charge in [0.25, 0.3) is 0 Å². The van der Waals surface area contributed by atoms with Crippen molar-refractivity contribution in [1.29, 1.82) is 0 Å².